The number of hydrogen-bond acceptors (Lipinski definition) is 2. The third kappa shape index (κ3) is 3.20. The van der Waals surface area contributed by atoms with Crippen molar-refractivity contribution in [2.75, 3.05) is 12.8 Å². The molecule has 0 heterocycles. The lowest BCUT2D eigenvalue weighted by molar-refractivity contribution is 0.203. The SMILES string of the molecule is CSC1(CNC2CCCC(C)C2C)CCCC1. The second-order valence-corrected chi connectivity index (χ2v) is 7.62. The number of nitrogens with one attached hydrogen (secondary N) is 1. The van der Waals surface area contributed by atoms with E-state index in [2.05, 4.69) is 37.2 Å². The van der Waals surface area contributed by atoms with Gasteiger partial charge in [-0.15, -0.1) is 0 Å². The summed E-state index contributed by atoms with van der Waals surface area (Å²) in [5, 5.41) is 3.91. The van der Waals surface area contributed by atoms with E-state index in [9.17, 15) is 0 Å². The molecule has 0 radical (unpaired) electrons. The van der Waals surface area contributed by atoms with Crippen molar-refractivity contribution in [3.05, 3.63) is 0 Å². The lowest BCUT2D eigenvalue weighted by Crippen LogP contribution is -2.46. The predicted molar refractivity (Wildman–Crippen MR) is 78.7 cm³/mol. The van der Waals surface area contributed by atoms with Crippen molar-refractivity contribution in [3.8, 4) is 0 Å². The maximum atomic E-state index is 3.91. The van der Waals surface area contributed by atoms with Crippen LogP contribution in [0.2, 0.25) is 0 Å². The van der Waals surface area contributed by atoms with Crippen LogP contribution in [0.25, 0.3) is 0 Å². The van der Waals surface area contributed by atoms with Crippen molar-refractivity contribution in [1.82, 2.24) is 5.32 Å². The molecular weight excluding hydrogens is 226 g/mol. The zero-order valence-electron chi connectivity index (χ0n) is 11.8. The Morgan fingerprint density at radius 2 is 1.82 bits per heavy atom. The van der Waals surface area contributed by atoms with Gasteiger partial charge in [-0.05, 0) is 37.4 Å². The van der Waals surface area contributed by atoms with E-state index in [1.54, 1.807) is 0 Å². The second-order valence-electron chi connectivity index (χ2n) is 6.35. The summed E-state index contributed by atoms with van der Waals surface area (Å²) in [6.07, 6.45) is 12.3. The van der Waals surface area contributed by atoms with Crippen LogP contribution in [0.15, 0.2) is 0 Å². The molecule has 2 rings (SSSR count). The molecule has 0 bridgehead atoms. The smallest absolute Gasteiger partial charge is 0.0281 e. The van der Waals surface area contributed by atoms with E-state index in [1.807, 2.05) is 0 Å². The molecule has 1 N–H and O–H groups in total. The maximum absolute atomic E-state index is 3.91. The standard InChI is InChI=1S/C15H29NS/c1-12-7-6-8-14(13(12)2)16-11-15(17-3)9-4-5-10-15/h12-14,16H,4-11H2,1-3H3. The highest BCUT2D eigenvalue weighted by Gasteiger charge is 2.35. The average molecular weight is 255 g/mol. The first-order chi connectivity index (χ1) is 8.17. The largest absolute Gasteiger partial charge is 0.312 e. The van der Waals surface area contributed by atoms with Gasteiger partial charge in [0.1, 0.15) is 0 Å². The average Bonchev–Trinajstić information content (AvgIpc) is 2.81. The van der Waals surface area contributed by atoms with Crippen molar-refractivity contribution in [3.63, 3.8) is 0 Å². The van der Waals surface area contributed by atoms with Gasteiger partial charge in [0.15, 0.2) is 0 Å². The molecule has 17 heavy (non-hydrogen) atoms. The minimum atomic E-state index is 0.570. The van der Waals surface area contributed by atoms with Gasteiger partial charge >= 0.3 is 0 Å². The Labute approximate surface area is 112 Å². The summed E-state index contributed by atoms with van der Waals surface area (Å²) in [5.41, 5.74) is 0. The predicted octanol–water partition coefficient (Wildman–Crippen LogP) is 4.08. The van der Waals surface area contributed by atoms with Crippen LogP contribution in [0.3, 0.4) is 0 Å². The lowest BCUT2D eigenvalue weighted by atomic mass is 9.78. The van der Waals surface area contributed by atoms with Gasteiger partial charge in [-0.1, -0.05) is 39.5 Å². The van der Waals surface area contributed by atoms with E-state index < -0.39 is 0 Å². The quantitative estimate of drug-likeness (QED) is 0.812. The fourth-order valence-corrected chi connectivity index (χ4v) is 4.58. The van der Waals surface area contributed by atoms with Gasteiger partial charge in [0.25, 0.3) is 0 Å². The highest BCUT2D eigenvalue weighted by atomic mass is 32.2. The van der Waals surface area contributed by atoms with Crippen LogP contribution in [0.4, 0.5) is 0 Å². The fraction of sp³-hybridized carbons (Fsp3) is 1.00. The van der Waals surface area contributed by atoms with E-state index in [-0.39, 0.29) is 0 Å². The number of thioether (sulfide) groups is 1. The van der Waals surface area contributed by atoms with Crippen molar-refractivity contribution >= 4 is 11.8 Å². The van der Waals surface area contributed by atoms with Gasteiger partial charge < -0.3 is 5.32 Å². The number of rotatable bonds is 4. The van der Waals surface area contributed by atoms with E-state index in [4.69, 9.17) is 0 Å². The van der Waals surface area contributed by atoms with Gasteiger partial charge in [0, 0.05) is 17.3 Å². The third-order valence-corrected chi connectivity index (χ3v) is 6.76. The third-order valence-electron chi connectivity index (χ3n) is 5.34. The first-order valence-corrected chi connectivity index (χ1v) is 8.68. The van der Waals surface area contributed by atoms with Crippen LogP contribution in [0.5, 0.6) is 0 Å². The van der Waals surface area contributed by atoms with E-state index in [0.29, 0.717) is 4.75 Å². The molecule has 0 aromatic heterocycles. The summed E-state index contributed by atoms with van der Waals surface area (Å²) in [7, 11) is 0. The molecule has 2 saturated carbocycles. The summed E-state index contributed by atoms with van der Waals surface area (Å²) >= 11 is 2.11. The van der Waals surface area contributed by atoms with Gasteiger partial charge in [-0.3, -0.25) is 0 Å². The zero-order chi connectivity index (χ0) is 12.3. The van der Waals surface area contributed by atoms with E-state index in [0.717, 1.165) is 17.9 Å². The van der Waals surface area contributed by atoms with Crippen LogP contribution in [0, 0.1) is 11.8 Å². The second kappa shape index (κ2) is 5.97. The van der Waals surface area contributed by atoms with Gasteiger partial charge in [-0.25, -0.2) is 0 Å². The molecule has 100 valence electrons. The van der Waals surface area contributed by atoms with Crippen LogP contribution in [0.1, 0.15) is 58.8 Å². The zero-order valence-corrected chi connectivity index (χ0v) is 12.6. The molecule has 0 saturated heterocycles. The minimum absolute atomic E-state index is 0.570. The monoisotopic (exact) mass is 255 g/mol. The van der Waals surface area contributed by atoms with Gasteiger partial charge in [-0.2, -0.15) is 11.8 Å². The van der Waals surface area contributed by atoms with Crippen molar-refractivity contribution in [1.29, 1.82) is 0 Å². The van der Waals surface area contributed by atoms with Gasteiger partial charge in [0.2, 0.25) is 0 Å². The maximum Gasteiger partial charge on any atom is 0.0281 e. The van der Waals surface area contributed by atoms with Crippen LogP contribution in [-0.4, -0.2) is 23.6 Å². The van der Waals surface area contributed by atoms with Crippen molar-refractivity contribution in [2.24, 2.45) is 11.8 Å². The molecule has 0 aromatic carbocycles. The highest BCUT2D eigenvalue weighted by Crippen LogP contribution is 2.40. The molecule has 0 aliphatic heterocycles. The van der Waals surface area contributed by atoms with Crippen LogP contribution in [-0.2, 0) is 0 Å². The van der Waals surface area contributed by atoms with Crippen LogP contribution < -0.4 is 5.32 Å². The molecule has 3 atom stereocenters. The molecule has 2 aliphatic carbocycles. The normalized spacial score (nSPS) is 37.2. The Hall–Kier alpha value is 0.310. The molecule has 0 aromatic rings. The van der Waals surface area contributed by atoms with Crippen molar-refractivity contribution < 1.29 is 0 Å². The van der Waals surface area contributed by atoms with E-state index >= 15 is 0 Å². The Morgan fingerprint density at radius 1 is 1.12 bits per heavy atom. The molecule has 2 fully saturated rings. The molecular formula is C15H29NS. The van der Waals surface area contributed by atoms with Crippen LogP contribution >= 0.6 is 11.8 Å². The van der Waals surface area contributed by atoms with Crippen molar-refractivity contribution in [2.45, 2.75) is 69.6 Å². The Kier molecular flexibility index (Phi) is 4.82. The minimum Gasteiger partial charge on any atom is -0.312 e. The Balaban J connectivity index is 1.84. The summed E-state index contributed by atoms with van der Waals surface area (Å²) < 4.78 is 0.570. The topological polar surface area (TPSA) is 12.0 Å². The Morgan fingerprint density at radius 3 is 2.47 bits per heavy atom. The summed E-state index contributed by atoms with van der Waals surface area (Å²) in [6.45, 7) is 6.12. The Bertz CT molecular complexity index is 235. The molecule has 2 heteroatoms. The summed E-state index contributed by atoms with van der Waals surface area (Å²) in [5.74, 6) is 1.78. The first-order valence-electron chi connectivity index (χ1n) is 7.45. The van der Waals surface area contributed by atoms with Gasteiger partial charge in [0.05, 0.1) is 0 Å². The van der Waals surface area contributed by atoms with E-state index in [1.165, 1.54) is 51.5 Å². The highest BCUT2D eigenvalue weighted by molar-refractivity contribution is 8.00. The summed E-state index contributed by atoms with van der Waals surface area (Å²) in [4.78, 5) is 0. The fourth-order valence-electron chi connectivity index (χ4n) is 3.66. The molecule has 0 amide bonds. The molecule has 0 spiro atoms. The number of hydrogen-bond donors (Lipinski definition) is 1. The summed E-state index contributed by atoms with van der Waals surface area (Å²) in [6, 6.07) is 0.781. The molecule has 1 nitrogen and oxygen atoms in total. The molecule has 3 unspecified atom stereocenters. The molecule has 2 aliphatic rings. The lowest BCUT2D eigenvalue weighted by Gasteiger charge is -2.37. The first kappa shape index (κ1) is 13.7.